The van der Waals surface area contributed by atoms with E-state index in [9.17, 15) is 13.2 Å². The van der Waals surface area contributed by atoms with E-state index >= 15 is 0 Å². The van der Waals surface area contributed by atoms with E-state index in [-0.39, 0.29) is 5.75 Å². The first-order valence-corrected chi connectivity index (χ1v) is 9.31. The van der Waals surface area contributed by atoms with Gasteiger partial charge in [-0.15, -0.1) is 13.2 Å². The minimum atomic E-state index is -4.72. The maximum Gasteiger partial charge on any atom is 0.573 e. The Morgan fingerprint density at radius 1 is 1.03 bits per heavy atom. The number of fused-ring (bicyclic) bond motifs is 1. The van der Waals surface area contributed by atoms with Crippen LogP contribution in [0.5, 0.6) is 11.5 Å². The SMILES string of the molecule is COc1ccccc1-c1nn(-c2ccc(OC(F)(F)F)cc2)c2c1CCCCN2. The lowest BCUT2D eigenvalue weighted by molar-refractivity contribution is -0.274. The van der Waals surface area contributed by atoms with Crippen LogP contribution in [0, 0.1) is 0 Å². The summed E-state index contributed by atoms with van der Waals surface area (Å²) in [4.78, 5) is 0. The van der Waals surface area contributed by atoms with Crippen LogP contribution < -0.4 is 14.8 Å². The molecule has 1 N–H and O–H groups in total. The molecule has 152 valence electrons. The number of halogens is 3. The topological polar surface area (TPSA) is 48.3 Å². The third-order valence-electron chi connectivity index (χ3n) is 4.81. The smallest absolute Gasteiger partial charge is 0.496 e. The normalized spacial score (nSPS) is 13.9. The van der Waals surface area contributed by atoms with E-state index in [1.165, 1.54) is 12.1 Å². The Hall–Kier alpha value is -3.16. The lowest BCUT2D eigenvalue weighted by atomic mass is 10.0. The van der Waals surface area contributed by atoms with Gasteiger partial charge in [-0.3, -0.25) is 0 Å². The van der Waals surface area contributed by atoms with Crippen molar-refractivity contribution in [2.45, 2.75) is 25.6 Å². The van der Waals surface area contributed by atoms with Crippen molar-refractivity contribution >= 4 is 5.82 Å². The largest absolute Gasteiger partial charge is 0.573 e. The van der Waals surface area contributed by atoms with Gasteiger partial charge in [0.25, 0.3) is 0 Å². The van der Waals surface area contributed by atoms with Crippen LogP contribution in [-0.4, -0.2) is 29.8 Å². The number of methoxy groups -OCH3 is 1. The number of aromatic nitrogens is 2. The van der Waals surface area contributed by atoms with Crippen molar-refractivity contribution in [3.05, 3.63) is 54.1 Å². The number of alkyl halides is 3. The van der Waals surface area contributed by atoms with Gasteiger partial charge in [-0.25, -0.2) is 4.68 Å². The van der Waals surface area contributed by atoms with E-state index in [4.69, 9.17) is 9.84 Å². The van der Waals surface area contributed by atoms with Gasteiger partial charge in [0.05, 0.1) is 12.8 Å². The number of nitrogens with one attached hydrogen (secondary N) is 1. The first kappa shape index (κ1) is 19.2. The molecule has 0 bridgehead atoms. The molecule has 29 heavy (non-hydrogen) atoms. The summed E-state index contributed by atoms with van der Waals surface area (Å²) < 4.78 is 48.5. The standard InChI is InChI=1S/C21H20F3N3O2/c1-28-18-8-3-2-6-16(18)19-17-7-4-5-13-25-20(17)27(26-19)14-9-11-15(12-10-14)29-21(22,23)24/h2-3,6,8-12,25H,4-5,7,13H2,1H3. The zero-order chi connectivity index (χ0) is 20.4. The van der Waals surface area contributed by atoms with Crippen molar-refractivity contribution in [2.24, 2.45) is 0 Å². The van der Waals surface area contributed by atoms with E-state index in [2.05, 4.69) is 10.1 Å². The summed E-state index contributed by atoms with van der Waals surface area (Å²) in [6.07, 6.45) is -1.82. The summed E-state index contributed by atoms with van der Waals surface area (Å²) in [6, 6.07) is 13.4. The Morgan fingerprint density at radius 2 is 1.79 bits per heavy atom. The fourth-order valence-electron chi connectivity index (χ4n) is 3.53. The zero-order valence-corrected chi connectivity index (χ0v) is 15.8. The molecule has 0 saturated carbocycles. The van der Waals surface area contributed by atoms with E-state index < -0.39 is 6.36 Å². The third kappa shape index (κ3) is 4.01. The van der Waals surface area contributed by atoms with Gasteiger partial charge >= 0.3 is 6.36 Å². The van der Waals surface area contributed by atoms with E-state index in [0.717, 1.165) is 54.2 Å². The summed E-state index contributed by atoms with van der Waals surface area (Å²) in [5, 5.41) is 8.22. The number of anilines is 1. The summed E-state index contributed by atoms with van der Waals surface area (Å²) in [5.74, 6) is 1.31. The van der Waals surface area contributed by atoms with Gasteiger partial charge in [0.15, 0.2) is 0 Å². The summed E-state index contributed by atoms with van der Waals surface area (Å²) in [5.41, 5.74) is 3.40. The second-order valence-corrected chi connectivity index (χ2v) is 6.71. The molecule has 0 unspecified atom stereocenters. The number of ether oxygens (including phenoxy) is 2. The molecule has 0 radical (unpaired) electrons. The van der Waals surface area contributed by atoms with Gasteiger partial charge in [0.2, 0.25) is 0 Å². The molecule has 2 aromatic carbocycles. The van der Waals surface area contributed by atoms with E-state index in [0.29, 0.717) is 5.69 Å². The quantitative estimate of drug-likeness (QED) is 0.651. The van der Waals surface area contributed by atoms with Crippen molar-refractivity contribution in [2.75, 3.05) is 19.0 Å². The first-order valence-electron chi connectivity index (χ1n) is 9.31. The van der Waals surface area contributed by atoms with Crippen molar-refractivity contribution in [1.29, 1.82) is 0 Å². The van der Waals surface area contributed by atoms with E-state index in [1.807, 2.05) is 24.3 Å². The minimum absolute atomic E-state index is 0.266. The van der Waals surface area contributed by atoms with Gasteiger partial charge in [-0.2, -0.15) is 5.10 Å². The fraction of sp³-hybridized carbons (Fsp3) is 0.286. The van der Waals surface area contributed by atoms with Crippen molar-refractivity contribution in [3.8, 4) is 28.4 Å². The van der Waals surface area contributed by atoms with Gasteiger partial charge in [-0.1, -0.05) is 12.1 Å². The third-order valence-corrected chi connectivity index (χ3v) is 4.81. The Bertz CT molecular complexity index is 997. The molecule has 2 heterocycles. The highest BCUT2D eigenvalue weighted by Crippen LogP contribution is 2.38. The molecule has 3 aromatic rings. The Kier molecular flexibility index (Phi) is 5.08. The summed E-state index contributed by atoms with van der Waals surface area (Å²) in [6.45, 7) is 0.805. The van der Waals surface area contributed by atoms with Crippen LogP contribution in [0.3, 0.4) is 0 Å². The van der Waals surface area contributed by atoms with Crippen LogP contribution in [-0.2, 0) is 6.42 Å². The van der Waals surface area contributed by atoms with Crippen LogP contribution in [0.1, 0.15) is 18.4 Å². The molecule has 5 nitrogen and oxygen atoms in total. The Balaban J connectivity index is 1.79. The summed E-state index contributed by atoms with van der Waals surface area (Å²) in [7, 11) is 1.62. The average molecular weight is 403 g/mol. The molecular weight excluding hydrogens is 383 g/mol. The predicted molar refractivity (Wildman–Crippen MR) is 104 cm³/mol. The van der Waals surface area contributed by atoms with Crippen molar-refractivity contribution in [3.63, 3.8) is 0 Å². The van der Waals surface area contributed by atoms with Crippen LogP contribution in [0.4, 0.5) is 19.0 Å². The van der Waals surface area contributed by atoms with E-state index in [1.54, 1.807) is 23.9 Å². The molecule has 0 spiro atoms. The monoisotopic (exact) mass is 403 g/mol. The second-order valence-electron chi connectivity index (χ2n) is 6.71. The van der Waals surface area contributed by atoms with Crippen LogP contribution in [0.15, 0.2) is 48.5 Å². The number of para-hydroxylation sites is 1. The van der Waals surface area contributed by atoms with Crippen LogP contribution in [0.2, 0.25) is 0 Å². The number of nitrogens with zero attached hydrogens (tertiary/aromatic N) is 2. The number of benzene rings is 2. The second kappa shape index (κ2) is 7.69. The molecule has 0 aliphatic carbocycles. The molecule has 1 aliphatic rings. The molecule has 0 fully saturated rings. The first-order chi connectivity index (χ1) is 14.0. The molecule has 0 amide bonds. The highest BCUT2D eigenvalue weighted by molar-refractivity contribution is 5.75. The Morgan fingerprint density at radius 3 is 2.52 bits per heavy atom. The van der Waals surface area contributed by atoms with Gasteiger partial charge in [-0.05, 0) is 55.7 Å². The van der Waals surface area contributed by atoms with Gasteiger partial charge in [0, 0.05) is 17.7 Å². The molecule has 0 saturated heterocycles. The average Bonchev–Trinajstić information content (AvgIpc) is 2.88. The highest BCUT2D eigenvalue weighted by Gasteiger charge is 2.31. The lowest BCUT2D eigenvalue weighted by Crippen LogP contribution is -2.17. The maximum absolute atomic E-state index is 12.4. The molecule has 1 aromatic heterocycles. The molecular formula is C21H20F3N3O2. The van der Waals surface area contributed by atoms with Crippen molar-refractivity contribution < 1.29 is 22.6 Å². The lowest BCUT2D eigenvalue weighted by Gasteiger charge is -2.11. The zero-order valence-electron chi connectivity index (χ0n) is 15.8. The molecule has 0 atom stereocenters. The number of hydrogen-bond acceptors (Lipinski definition) is 4. The van der Waals surface area contributed by atoms with Gasteiger partial charge in [0.1, 0.15) is 23.0 Å². The predicted octanol–water partition coefficient (Wildman–Crippen LogP) is 5.19. The highest BCUT2D eigenvalue weighted by atomic mass is 19.4. The maximum atomic E-state index is 12.4. The molecule has 8 heteroatoms. The number of rotatable bonds is 4. The summed E-state index contributed by atoms with van der Waals surface area (Å²) >= 11 is 0. The number of hydrogen-bond donors (Lipinski definition) is 1. The Labute approximate surface area is 166 Å². The molecule has 1 aliphatic heterocycles. The van der Waals surface area contributed by atoms with Crippen molar-refractivity contribution in [1.82, 2.24) is 9.78 Å². The minimum Gasteiger partial charge on any atom is -0.496 e. The molecule has 4 rings (SSSR count). The van der Waals surface area contributed by atoms with Crippen LogP contribution in [0.25, 0.3) is 16.9 Å². The van der Waals surface area contributed by atoms with Crippen LogP contribution >= 0.6 is 0 Å². The fourth-order valence-corrected chi connectivity index (χ4v) is 3.53. The van der Waals surface area contributed by atoms with Gasteiger partial charge < -0.3 is 14.8 Å².